The Kier molecular flexibility index (Phi) is 18.4. The van der Waals surface area contributed by atoms with Crippen LogP contribution in [0.1, 0.15) is 263 Å². The smallest absolute Gasteiger partial charge is 0.0787 e. The van der Waals surface area contributed by atoms with Gasteiger partial charge in [-0.15, -0.1) is 0 Å². The molecule has 6 aromatic carbocycles. The molecule has 19 rings (SSSR count). The lowest BCUT2D eigenvalue weighted by molar-refractivity contribution is 1.03. The molecular weight excluding hydrogens is 1400 g/mol. The van der Waals surface area contributed by atoms with E-state index in [2.05, 4.69) is 267 Å². The van der Waals surface area contributed by atoms with Gasteiger partial charge in [0.15, 0.2) is 0 Å². The third kappa shape index (κ3) is 11.0. The lowest BCUT2D eigenvalue weighted by Gasteiger charge is -2.15. The summed E-state index contributed by atoms with van der Waals surface area (Å²) in [5, 5.41) is 7.18. The van der Waals surface area contributed by atoms with Crippen LogP contribution in [0.5, 0.6) is 0 Å². The molecule has 0 saturated carbocycles. The highest BCUT2D eigenvalue weighted by Gasteiger charge is 2.37. The quantitative estimate of drug-likeness (QED) is 0.0491. The van der Waals surface area contributed by atoms with Crippen LogP contribution in [0.2, 0.25) is 0 Å². The molecule has 0 radical (unpaired) electrons. The van der Waals surface area contributed by atoms with Crippen LogP contribution in [0.4, 0.5) is 0 Å². The van der Waals surface area contributed by atoms with Crippen LogP contribution in [0.25, 0.3) is 111 Å². The number of rotatable bonds is 16. The predicted molar refractivity (Wildman–Crippen MR) is 488 cm³/mol. The molecule has 6 aliphatic heterocycles. The van der Waals surface area contributed by atoms with E-state index in [1.165, 1.54) is 121 Å². The summed E-state index contributed by atoms with van der Waals surface area (Å²) in [5.74, 6) is 0. The summed E-state index contributed by atoms with van der Waals surface area (Å²) in [6.07, 6.45) is 18.2. The number of aromatic amines is 7. The second-order valence-electron chi connectivity index (χ2n) is 32.2. The zero-order valence-electron chi connectivity index (χ0n) is 70.1. The molecule has 578 valence electrons. The first kappa shape index (κ1) is 73.6. The van der Waals surface area contributed by atoms with Crippen molar-refractivity contribution in [1.82, 2.24) is 34.9 Å². The van der Waals surface area contributed by atoms with Crippen molar-refractivity contribution in [2.45, 2.75) is 214 Å². The third-order valence-electron chi connectivity index (χ3n) is 26.8. The fraction of sp³-hybridized carbons (Fsp3) is 0.308. The lowest BCUT2D eigenvalue weighted by atomic mass is 9.89. The van der Waals surface area contributed by atoms with Crippen LogP contribution < -0.4 is 0 Å². The molecule has 30 bridgehead atoms. The van der Waals surface area contributed by atoms with Crippen molar-refractivity contribution in [2.24, 2.45) is 20.0 Å². The van der Waals surface area contributed by atoms with Crippen LogP contribution in [-0.4, -0.2) is 57.7 Å². The Bertz CT molecular complexity index is 6400. The van der Waals surface area contributed by atoms with Crippen molar-refractivity contribution in [1.29, 1.82) is 0 Å². The summed E-state index contributed by atoms with van der Waals surface area (Å²) in [5.41, 5.74) is 53.9. The van der Waals surface area contributed by atoms with E-state index in [0.29, 0.717) is 0 Å². The van der Waals surface area contributed by atoms with Gasteiger partial charge in [-0.1, -0.05) is 184 Å². The summed E-state index contributed by atoms with van der Waals surface area (Å²) in [6, 6.07) is 42.3. The second kappa shape index (κ2) is 28.8. The molecule has 0 unspecified atom stereocenters. The highest BCUT2D eigenvalue weighted by Crippen LogP contribution is 2.50. The number of hydrogen-bond acceptors (Lipinski definition) is 4. The summed E-state index contributed by atoms with van der Waals surface area (Å²) in [7, 11) is 0. The standard InChI is InChI=1S/C104H107N11/c1-17-59-63(21-5)93-53-33-39-75-77-41-35-55(47-83(77)105-81(75)45-53)96-68(26-10)72(30-14)102(113-96)92-100-66(24-8)62(20-4)90(111-100)52-88-60(18-2)64(22-6)94(109-88)54-34-40-76-78-42-36-56(48-84(78)106-82(76)46-54)95-67(25-9)71(29-13)101(112-95)91(99-65(23-7)61(19-3)89(110-99)51-87(59)108-93)103-73(31-15)69(27-11)97(114-103)57-37-43-79-80-44-38-58(50-86(80)107-85(79)49-57)98-70(28-12)74(32-16)104(92)115-98/h33-52,105-107,110-111,114-115H,17-32H2,1-16H3. The number of nitrogens with one attached hydrogen (secondary N) is 7. The molecule has 115 heavy (non-hydrogen) atoms. The number of aromatic nitrogens is 7. The van der Waals surface area contributed by atoms with Crippen molar-refractivity contribution in [3.63, 3.8) is 0 Å². The average molecular weight is 1510 g/mol. The van der Waals surface area contributed by atoms with Gasteiger partial charge in [0.1, 0.15) is 0 Å². The molecule has 11 heteroatoms. The lowest BCUT2D eigenvalue weighted by Crippen LogP contribution is -2.03. The van der Waals surface area contributed by atoms with Crippen LogP contribution in [-0.2, 0) is 51.4 Å². The maximum Gasteiger partial charge on any atom is 0.0787 e. The van der Waals surface area contributed by atoms with E-state index in [1.54, 1.807) is 0 Å². The van der Waals surface area contributed by atoms with Gasteiger partial charge in [0, 0.05) is 133 Å². The molecule has 0 amide bonds. The molecule has 13 heterocycles. The van der Waals surface area contributed by atoms with E-state index in [4.69, 9.17) is 20.0 Å². The molecule has 0 spiro atoms. The fourth-order valence-electron chi connectivity index (χ4n) is 21.6. The molecule has 11 nitrogen and oxygen atoms in total. The zero-order valence-corrected chi connectivity index (χ0v) is 70.1. The number of nitrogens with zero attached hydrogens (tertiary/aromatic N) is 4. The van der Waals surface area contributed by atoms with Crippen LogP contribution in [0.15, 0.2) is 197 Å². The van der Waals surface area contributed by atoms with Gasteiger partial charge in [0.25, 0.3) is 0 Å². The Morgan fingerprint density at radius 1 is 0.209 bits per heavy atom. The fourth-order valence-corrected chi connectivity index (χ4v) is 21.6. The van der Waals surface area contributed by atoms with E-state index in [-0.39, 0.29) is 0 Å². The van der Waals surface area contributed by atoms with Gasteiger partial charge in [-0.05, 0) is 240 Å². The molecule has 7 aromatic heterocycles. The molecule has 0 aliphatic carbocycles. The minimum Gasteiger partial charge on any atom is -0.354 e. The number of aliphatic imine (C=N–C) groups is 4. The van der Waals surface area contributed by atoms with Crippen LogP contribution in [0, 0.1) is 0 Å². The molecule has 13 aromatic rings. The number of hydrogen-bond donors (Lipinski definition) is 7. The Morgan fingerprint density at radius 3 is 0.722 bits per heavy atom. The average Bonchev–Trinajstić information content (AvgIpc) is 1.57. The predicted octanol–water partition coefficient (Wildman–Crippen LogP) is 27.0. The molecule has 0 atom stereocenters. The van der Waals surface area contributed by atoms with Crippen LogP contribution >= 0.6 is 0 Å². The largest absolute Gasteiger partial charge is 0.354 e. The first-order chi connectivity index (χ1) is 56.3. The number of benzene rings is 6. The topological polar surface area (TPSA) is 160 Å². The van der Waals surface area contributed by atoms with E-state index in [0.717, 1.165) is 272 Å². The highest BCUT2D eigenvalue weighted by atomic mass is 14.9. The van der Waals surface area contributed by atoms with E-state index in [1.807, 2.05) is 0 Å². The summed E-state index contributed by atoms with van der Waals surface area (Å²) in [6.45, 7) is 37.3. The van der Waals surface area contributed by atoms with Gasteiger partial charge in [-0.2, -0.15) is 0 Å². The van der Waals surface area contributed by atoms with Gasteiger partial charge in [-0.3, -0.25) is 0 Å². The molecule has 7 N–H and O–H groups in total. The summed E-state index contributed by atoms with van der Waals surface area (Å²) < 4.78 is 0. The SMILES string of the molecule is CCC1=C(CC)C2=NC1=Cc1[nH]c(c(CC)c1CC)C1=C3N=C(C(CC)=C3CC)c3ccc4c(c3)[nH]c3cc(ccc34)C3=NC(=Cc4[nH]c(c(CC)c4CC)C(=C4N=C(C(CC)=C4CC)c4ccc5c(c4)[nH]c4cc2ccc45)c2[nH]c(c(CC)c2CC)-c2ccc4c(c2)[nH]c2cc(ccc24)-c2[nH]c1c(CC)c2CC)C(CC)=C3CC. The summed E-state index contributed by atoms with van der Waals surface area (Å²) >= 11 is 0. The third-order valence-corrected chi connectivity index (χ3v) is 26.8. The molecule has 0 saturated heterocycles. The monoisotopic (exact) mass is 1510 g/mol. The van der Waals surface area contributed by atoms with Gasteiger partial charge >= 0.3 is 0 Å². The first-order valence-electron chi connectivity index (χ1n) is 43.6. The van der Waals surface area contributed by atoms with Gasteiger partial charge in [-0.25, -0.2) is 20.0 Å². The van der Waals surface area contributed by atoms with E-state index >= 15 is 0 Å². The zero-order chi connectivity index (χ0) is 79.3. The Balaban J connectivity index is 0.967. The Labute approximate surface area is 675 Å². The van der Waals surface area contributed by atoms with Gasteiger partial charge < -0.3 is 34.9 Å². The van der Waals surface area contributed by atoms with Crippen molar-refractivity contribution in [3.05, 3.63) is 277 Å². The minimum absolute atomic E-state index is 0.810. The summed E-state index contributed by atoms with van der Waals surface area (Å²) in [4.78, 5) is 53.3. The van der Waals surface area contributed by atoms with E-state index in [9.17, 15) is 0 Å². The van der Waals surface area contributed by atoms with Crippen molar-refractivity contribution in [2.75, 3.05) is 0 Å². The highest BCUT2D eigenvalue weighted by molar-refractivity contribution is 6.24. The van der Waals surface area contributed by atoms with Crippen molar-refractivity contribution >= 4 is 112 Å². The minimum atomic E-state index is 0.810. The van der Waals surface area contributed by atoms with Crippen molar-refractivity contribution < 1.29 is 0 Å². The van der Waals surface area contributed by atoms with Crippen LogP contribution in [0.3, 0.4) is 0 Å². The molecule has 6 aliphatic rings. The van der Waals surface area contributed by atoms with Crippen molar-refractivity contribution in [3.8, 4) is 22.5 Å². The molecular formula is C104H107N11. The van der Waals surface area contributed by atoms with Gasteiger partial charge in [0.05, 0.1) is 68.4 Å². The number of fused-ring (bicyclic) bond motifs is 21. The number of H-pyrrole nitrogens is 7. The maximum absolute atomic E-state index is 6.14. The number of allylic oxidation sites excluding steroid dienone is 8. The van der Waals surface area contributed by atoms with E-state index < -0.39 is 0 Å². The second-order valence-corrected chi connectivity index (χ2v) is 32.2. The molecule has 0 fully saturated rings. The van der Waals surface area contributed by atoms with Gasteiger partial charge in [0.2, 0.25) is 0 Å². The Hall–Kier alpha value is -11.6. The Morgan fingerprint density at radius 2 is 0.443 bits per heavy atom. The first-order valence-corrected chi connectivity index (χ1v) is 43.6. The normalized spacial score (nSPS) is 15.6. The maximum atomic E-state index is 6.14.